The molecule has 3 rings (SSSR count). The molecule has 19 nitrogen and oxygen atoms in total. The van der Waals surface area contributed by atoms with Crippen LogP contribution in [0.25, 0.3) is 0 Å². The lowest BCUT2D eigenvalue weighted by Crippen LogP contribution is -2.66. The predicted octanol–water partition coefficient (Wildman–Crippen LogP) is 6.26. The molecule has 0 radical (unpaired) electrons. The molecule has 17 unspecified atom stereocenters. The summed E-state index contributed by atoms with van der Waals surface area (Å²) < 4.78 is 34.2. The maximum absolute atomic E-state index is 13.3. The molecule has 0 aromatic rings. The van der Waals surface area contributed by atoms with Gasteiger partial charge in [0.05, 0.1) is 38.6 Å². The molecule has 3 saturated heterocycles. The first-order chi connectivity index (χ1) is 39.3. The van der Waals surface area contributed by atoms with Gasteiger partial charge in [-0.25, -0.2) is 0 Å². The number of rotatable bonds is 46. The van der Waals surface area contributed by atoms with Gasteiger partial charge in [-0.2, -0.15) is 0 Å². The van der Waals surface area contributed by atoms with Crippen LogP contribution >= 0.6 is 0 Å². The Kier molecular flexibility index (Phi) is 40.7. The van der Waals surface area contributed by atoms with Crippen molar-refractivity contribution in [2.75, 3.05) is 26.4 Å². The summed E-state index contributed by atoms with van der Waals surface area (Å²) in [6.45, 7) is 1.68. The first-order valence-corrected chi connectivity index (χ1v) is 31.4. The molecule has 3 heterocycles. The van der Waals surface area contributed by atoms with Gasteiger partial charge < -0.3 is 89.9 Å². The van der Waals surface area contributed by atoms with Crippen molar-refractivity contribution in [2.45, 2.75) is 311 Å². The molecule has 3 aliphatic heterocycles. The van der Waals surface area contributed by atoms with Crippen molar-refractivity contribution in [2.24, 2.45) is 0 Å². The molecular weight excluding hydrogens is 1050 g/mol. The number of unbranched alkanes of at least 4 members (excludes halogenated alkanes) is 24. The van der Waals surface area contributed by atoms with Crippen molar-refractivity contribution in [3.05, 3.63) is 48.6 Å². The lowest BCUT2D eigenvalue weighted by Gasteiger charge is -2.48. The number of hydrogen-bond donors (Lipinski definition) is 12. The average molecular weight is 1160 g/mol. The first kappa shape index (κ1) is 73.0. The predicted molar refractivity (Wildman–Crippen MR) is 309 cm³/mol. The smallest absolute Gasteiger partial charge is 0.220 e. The number of amides is 1. The van der Waals surface area contributed by atoms with E-state index >= 15 is 0 Å². The highest BCUT2D eigenvalue weighted by Gasteiger charge is 2.53. The summed E-state index contributed by atoms with van der Waals surface area (Å²) in [4.78, 5) is 13.3. The molecular formula is C62H111NO18. The fourth-order valence-corrected chi connectivity index (χ4v) is 10.4. The van der Waals surface area contributed by atoms with Crippen LogP contribution in [0.3, 0.4) is 0 Å². The summed E-state index contributed by atoms with van der Waals surface area (Å²) in [5.41, 5.74) is 0. The zero-order valence-corrected chi connectivity index (χ0v) is 49.3. The number of aliphatic hydroxyl groups excluding tert-OH is 11. The molecule has 81 heavy (non-hydrogen) atoms. The Bertz CT molecular complexity index is 1670. The van der Waals surface area contributed by atoms with Crippen molar-refractivity contribution in [1.82, 2.24) is 5.32 Å². The molecule has 472 valence electrons. The maximum atomic E-state index is 13.3. The maximum Gasteiger partial charge on any atom is 0.220 e. The highest BCUT2D eigenvalue weighted by Crippen LogP contribution is 2.33. The van der Waals surface area contributed by atoms with Crippen LogP contribution in [0, 0.1) is 0 Å². The fourth-order valence-electron chi connectivity index (χ4n) is 10.4. The van der Waals surface area contributed by atoms with Crippen LogP contribution in [-0.2, 0) is 33.2 Å². The van der Waals surface area contributed by atoms with E-state index in [9.17, 15) is 61.0 Å². The van der Waals surface area contributed by atoms with E-state index in [1.165, 1.54) is 109 Å². The molecule has 0 saturated carbocycles. The monoisotopic (exact) mass is 1160 g/mol. The van der Waals surface area contributed by atoms with Gasteiger partial charge in [0, 0.05) is 6.42 Å². The van der Waals surface area contributed by atoms with E-state index in [0.717, 1.165) is 64.2 Å². The third kappa shape index (κ3) is 28.7. The normalized spacial score (nSPS) is 30.1. The van der Waals surface area contributed by atoms with Crippen LogP contribution in [0.15, 0.2) is 48.6 Å². The van der Waals surface area contributed by atoms with Gasteiger partial charge in [0.2, 0.25) is 5.91 Å². The minimum Gasteiger partial charge on any atom is -0.394 e. The van der Waals surface area contributed by atoms with Crippen LogP contribution < -0.4 is 5.32 Å². The molecule has 0 aromatic heterocycles. The van der Waals surface area contributed by atoms with Crippen LogP contribution in [0.5, 0.6) is 0 Å². The van der Waals surface area contributed by atoms with E-state index in [2.05, 4.69) is 55.6 Å². The lowest BCUT2D eigenvalue weighted by atomic mass is 9.96. The molecule has 1 amide bonds. The standard InChI is InChI=1S/C62H111NO18/c1-3-5-7-9-11-13-15-17-19-21-22-23-24-25-27-29-31-33-35-37-39-46(67)45(63-50(68)40-38-36-34-32-30-28-26-20-18-16-14-12-10-8-6-4-2)44-76-60-56(74)53(71)58(48(42-65)78-60)81-62-57(75)54(72)59(49(43-66)79-62)80-61-55(73)52(70)51(69)47(41-64)77-61/h20,23-24,26,29,31,37,39,45-49,51-62,64-67,69-75H,3-19,21-22,25,27-28,30,32-36,38,40-44H2,1-2H3,(H,63,68)/b24-23+,26-20-,31-29+,39-37+. The highest BCUT2D eigenvalue weighted by atomic mass is 16.8. The SMILES string of the molecule is CCCCCCCCC/C=C\CCCCCCCC(=O)NC(COC1OC(CO)C(OC2OC(CO)C(OC3OC(CO)C(O)C(O)C3O)C(O)C2O)C(O)C1O)C(O)/C=C/CC/C=C/CC/C=C/CCCCCCCCCCCC. The highest BCUT2D eigenvalue weighted by molar-refractivity contribution is 5.76. The first-order valence-electron chi connectivity index (χ1n) is 31.4. The summed E-state index contributed by atoms with van der Waals surface area (Å²) in [5, 5.41) is 120. The van der Waals surface area contributed by atoms with E-state index in [4.69, 9.17) is 28.4 Å². The Hall–Kier alpha value is -2.25. The average Bonchev–Trinajstić information content (AvgIpc) is 3.47. The van der Waals surface area contributed by atoms with Gasteiger partial charge in [0.25, 0.3) is 0 Å². The van der Waals surface area contributed by atoms with Gasteiger partial charge in [0.15, 0.2) is 18.9 Å². The van der Waals surface area contributed by atoms with Gasteiger partial charge in [0.1, 0.15) is 73.2 Å². The molecule has 3 aliphatic rings. The van der Waals surface area contributed by atoms with E-state index in [0.29, 0.717) is 12.8 Å². The van der Waals surface area contributed by atoms with E-state index < -0.39 is 124 Å². The third-order valence-corrected chi connectivity index (χ3v) is 15.6. The van der Waals surface area contributed by atoms with Crippen molar-refractivity contribution < 1.29 is 89.4 Å². The Morgan fingerprint density at radius 2 is 0.790 bits per heavy atom. The zero-order valence-electron chi connectivity index (χ0n) is 49.3. The van der Waals surface area contributed by atoms with Crippen molar-refractivity contribution in [1.29, 1.82) is 0 Å². The number of nitrogens with one attached hydrogen (secondary N) is 1. The molecule has 0 bridgehead atoms. The number of allylic oxidation sites excluding steroid dienone is 7. The second kappa shape index (κ2) is 45.1. The Balaban J connectivity index is 1.52. The number of ether oxygens (including phenoxy) is 6. The molecule has 0 aromatic carbocycles. The number of carbonyl (C=O) groups is 1. The second-order valence-electron chi connectivity index (χ2n) is 22.5. The van der Waals surface area contributed by atoms with Crippen LogP contribution in [0.2, 0.25) is 0 Å². The number of hydrogen-bond acceptors (Lipinski definition) is 18. The summed E-state index contributed by atoms with van der Waals surface area (Å²) in [7, 11) is 0. The van der Waals surface area contributed by atoms with Crippen LogP contribution in [0.4, 0.5) is 0 Å². The van der Waals surface area contributed by atoms with Crippen molar-refractivity contribution >= 4 is 5.91 Å². The fraction of sp³-hybridized carbons (Fsp3) is 0.855. The van der Waals surface area contributed by atoms with E-state index in [-0.39, 0.29) is 18.9 Å². The van der Waals surface area contributed by atoms with Gasteiger partial charge in [-0.1, -0.05) is 178 Å². The number of aliphatic hydroxyl groups is 11. The quantitative estimate of drug-likeness (QED) is 0.0236. The zero-order chi connectivity index (χ0) is 59.0. The minimum atomic E-state index is -1.98. The summed E-state index contributed by atoms with van der Waals surface area (Å²) in [6.07, 6.45) is 23.8. The van der Waals surface area contributed by atoms with Crippen LogP contribution in [0.1, 0.15) is 206 Å². The largest absolute Gasteiger partial charge is 0.394 e. The lowest BCUT2D eigenvalue weighted by molar-refractivity contribution is -0.379. The Morgan fingerprint density at radius 3 is 1.23 bits per heavy atom. The second-order valence-corrected chi connectivity index (χ2v) is 22.5. The van der Waals surface area contributed by atoms with E-state index in [1.54, 1.807) is 6.08 Å². The molecule has 3 fully saturated rings. The summed E-state index contributed by atoms with van der Waals surface area (Å²) >= 11 is 0. The van der Waals surface area contributed by atoms with E-state index in [1.807, 2.05) is 6.08 Å². The van der Waals surface area contributed by atoms with Crippen molar-refractivity contribution in [3.8, 4) is 0 Å². The molecule has 12 N–H and O–H groups in total. The van der Waals surface area contributed by atoms with Gasteiger partial charge in [-0.3, -0.25) is 4.79 Å². The summed E-state index contributed by atoms with van der Waals surface area (Å²) in [5.74, 6) is -0.299. The molecule has 0 spiro atoms. The molecule has 17 atom stereocenters. The van der Waals surface area contributed by atoms with Crippen LogP contribution in [-0.4, -0.2) is 193 Å². The molecule has 19 heteroatoms. The molecule has 0 aliphatic carbocycles. The minimum absolute atomic E-state index is 0.221. The number of carbonyl (C=O) groups excluding carboxylic acids is 1. The van der Waals surface area contributed by atoms with Gasteiger partial charge >= 0.3 is 0 Å². The topological polar surface area (TPSA) is 307 Å². The van der Waals surface area contributed by atoms with Crippen molar-refractivity contribution in [3.63, 3.8) is 0 Å². The Labute approximate surface area is 484 Å². The van der Waals surface area contributed by atoms with Gasteiger partial charge in [-0.05, 0) is 70.6 Å². The van der Waals surface area contributed by atoms with Gasteiger partial charge in [-0.15, -0.1) is 0 Å². The Morgan fingerprint density at radius 1 is 0.432 bits per heavy atom. The summed E-state index contributed by atoms with van der Waals surface area (Å²) in [6, 6.07) is -1.00. The third-order valence-electron chi connectivity index (χ3n) is 15.6.